The molecule has 0 bridgehead atoms. The van der Waals surface area contributed by atoms with Crippen LogP contribution in [-0.2, 0) is 6.54 Å². The van der Waals surface area contributed by atoms with Crippen LogP contribution in [0.15, 0.2) is 29.0 Å². The monoisotopic (exact) mass is 269 g/mol. The van der Waals surface area contributed by atoms with Crippen molar-refractivity contribution >= 4 is 23.0 Å². The minimum Gasteiger partial charge on any atom is -0.478 e. The van der Waals surface area contributed by atoms with Crippen molar-refractivity contribution in [3.8, 4) is 0 Å². The van der Waals surface area contributed by atoms with Gasteiger partial charge in [0.25, 0.3) is 0 Å². The Labute approximate surface area is 106 Å². The second kappa shape index (κ2) is 5.14. The molecule has 1 aromatic heterocycles. The van der Waals surface area contributed by atoms with Gasteiger partial charge in [0.1, 0.15) is 0 Å². The number of anilines is 1. The number of carboxylic acid groups (broad SMARTS) is 1. The molecule has 18 heavy (non-hydrogen) atoms. The van der Waals surface area contributed by atoms with E-state index in [9.17, 15) is 13.6 Å². The largest absolute Gasteiger partial charge is 0.478 e. The van der Waals surface area contributed by atoms with E-state index in [0.717, 1.165) is 11.6 Å². The summed E-state index contributed by atoms with van der Waals surface area (Å²) in [7, 11) is 0. The molecule has 3 nitrogen and oxygen atoms in total. The van der Waals surface area contributed by atoms with Gasteiger partial charge in [-0.3, -0.25) is 0 Å². The SMILES string of the molecule is O=C(O)c1ccc(NCc2ccsc2)c(F)c1F. The van der Waals surface area contributed by atoms with Crippen molar-refractivity contribution in [1.82, 2.24) is 0 Å². The fourth-order valence-corrected chi connectivity index (χ4v) is 2.11. The zero-order valence-corrected chi connectivity index (χ0v) is 9.93. The summed E-state index contributed by atoms with van der Waals surface area (Å²) in [6.07, 6.45) is 0. The van der Waals surface area contributed by atoms with Crippen molar-refractivity contribution in [3.05, 3.63) is 51.7 Å². The Morgan fingerprint density at radius 3 is 2.67 bits per heavy atom. The second-order valence-corrected chi connectivity index (χ2v) is 4.36. The predicted octanol–water partition coefficient (Wildman–Crippen LogP) is 3.34. The molecule has 0 saturated heterocycles. The number of carboxylic acids is 1. The molecular formula is C12H9F2NO2S. The van der Waals surface area contributed by atoms with Crippen LogP contribution in [0.1, 0.15) is 15.9 Å². The van der Waals surface area contributed by atoms with Crippen molar-refractivity contribution in [3.63, 3.8) is 0 Å². The van der Waals surface area contributed by atoms with Crippen molar-refractivity contribution < 1.29 is 18.7 Å². The van der Waals surface area contributed by atoms with Gasteiger partial charge in [-0.25, -0.2) is 13.6 Å². The summed E-state index contributed by atoms with van der Waals surface area (Å²) in [5.41, 5.74) is 0.222. The van der Waals surface area contributed by atoms with Crippen LogP contribution >= 0.6 is 11.3 Å². The van der Waals surface area contributed by atoms with Crippen LogP contribution in [0.5, 0.6) is 0 Å². The van der Waals surface area contributed by atoms with Crippen LogP contribution < -0.4 is 5.32 Å². The lowest BCUT2D eigenvalue weighted by molar-refractivity contribution is 0.0690. The highest BCUT2D eigenvalue weighted by Crippen LogP contribution is 2.21. The lowest BCUT2D eigenvalue weighted by atomic mass is 10.1. The molecule has 0 aliphatic heterocycles. The Morgan fingerprint density at radius 1 is 1.28 bits per heavy atom. The number of hydrogen-bond acceptors (Lipinski definition) is 3. The zero-order chi connectivity index (χ0) is 13.1. The minimum atomic E-state index is -1.49. The first kappa shape index (κ1) is 12.5. The van der Waals surface area contributed by atoms with Crippen LogP contribution in [0.25, 0.3) is 0 Å². The van der Waals surface area contributed by atoms with E-state index in [1.807, 2.05) is 16.8 Å². The summed E-state index contributed by atoms with van der Waals surface area (Å²) in [5.74, 6) is -4.02. The van der Waals surface area contributed by atoms with Gasteiger partial charge in [-0.2, -0.15) is 11.3 Å². The molecule has 0 aliphatic carbocycles. The topological polar surface area (TPSA) is 49.3 Å². The third-order valence-corrected chi connectivity index (χ3v) is 3.11. The molecule has 2 aromatic rings. The van der Waals surface area contributed by atoms with Gasteiger partial charge in [0, 0.05) is 6.54 Å². The van der Waals surface area contributed by atoms with Crippen LogP contribution in [0.3, 0.4) is 0 Å². The molecule has 0 amide bonds. The van der Waals surface area contributed by atoms with E-state index in [-0.39, 0.29) is 5.69 Å². The van der Waals surface area contributed by atoms with Crippen LogP contribution in [0.4, 0.5) is 14.5 Å². The Balaban J connectivity index is 2.19. The summed E-state index contributed by atoms with van der Waals surface area (Å²) >= 11 is 1.50. The van der Waals surface area contributed by atoms with Crippen LogP contribution in [0, 0.1) is 11.6 Å². The smallest absolute Gasteiger partial charge is 0.338 e. The number of rotatable bonds is 4. The standard InChI is InChI=1S/C12H9F2NO2S/c13-10-8(12(16)17)1-2-9(11(10)14)15-5-7-3-4-18-6-7/h1-4,6,15H,5H2,(H,16,17). The average molecular weight is 269 g/mol. The highest BCUT2D eigenvalue weighted by atomic mass is 32.1. The molecule has 1 aromatic carbocycles. The summed E-state index contributed by atoms with van der Waals surface area (Å²) in [6.45, 7) is 0.353. The molecule has 2 N–H and O–H groups in total. The fraction of sp³-hybridized carbons (Fsp3) is 0.0833. The fourth-order valence-electron chi connectivity index (χ4n) is 1.44. The van der Waals surface area contributed by atoms with E-state index in [0.29, 0.717) is 6.54 Å². The zero-order valence-electron chi connectivity index (χ0n) is 9.11. The Kier molecular flexibility index (Phi) is 3.57. The first-order chi connectivity index (χ1) is 8.59. The number of benzene rings is 1. The predicted molar refractivity (Wildman–Crippen MR) is 65.0 cm³/mol. The highest BCUT2D eigenvalue weighted by molar-refractivity contribution is 7.07. The number of aromatic carboxylic acids is 1. The van der Waals surface area contributed by atoms with E-state index in [1.54, 1.807) is 0 Å². The second-order valence-electron chi connectivity index (χ2n) is 3.58. The van der Waals surface area contributed by atoms with Gasteiger partial charge in [0.2, 0.25) is 0 Å². The molecule has 2 rings (SSSR count). The maximum Gasteiger partial charge on any atom is 0.338 e. The normalized spacial score (nSPS) is 10.3. The number of carbonyl (C=O) groups is 1. The van der Waals surface area contributed by atoms with Gasteiger partial charge in [0.05, 0.1) is 11.3 Å². The molecule has 6 heteroatoms. The van der Waals surface area contributed by atoms with Crippen molar-refractivity contribution in [2.24, 2.45) is 0 Å². The number of nitrogens with one attached hydrogen (secondary N) is 1. The van der Waals surface area contributed by atoms with Crippen LogP contribution in [0.2, 0.25) is 0 Å². The summed E-state index contributed by atoms with van der Waals surface area (Å²) in [6, 6.07) is 4.11. The third kappa shape index (κ3) is 2.48. The minimum absolute atomic E-state index is 0.0521. The van der Waals surface area contributed by atoms with Gasteiger partial charge in [0.15, 0.2) is 11.6 Å². The van der Waals surface area contributed by atoms with Gasteiger partial charge >= 0.3 is 5.97 Å². The maximum absolute atomic E-state index is 13.6. The number of thiophene rings is 1. The van der Waals surface area contributed by atoms with Gasteiger partial charge in [-0.05, 0) is 34.5 Å². The molecule has 0 aliphatic rings. The summed E-state index contributed by atoms with van der Waals surface area (Å²) in [5, 5.41) is 15.1. The lowest BCUT2D eigenvalue weighted by Crippen LogP contribution is -2.07. The lowest BCUT2D eigenvalue weighted by Gasteiger charge is -2.08. The molecule has 1 heterocycles. The maximum atomic E-state index is 13.6. The van der Waals surface area contributed by atoms with Crippen molar-refractivity contribution in [1.29, 1.82) is 0 Å². The molecule has 94 valence electrons. The molecule has 0 fully saturated rings. The first-order valence-corrected chi connectivity index (χ1v) is 6.00. The van der Waals surface area contributed by atoms with E-state index < -0.39 is 23.2 Å². The highest BCUT2D eigenvalue weighted by Gasteiger charge is 2.17. The van der Waals surface area contributed by atoms with Crippen molar-refractivity contribution in [2.45, 2.75) is 6.54 Å². The molecule has 0 saturated carbocycles. The quantitative estimate of drug-likeness (QED) is 0.895. The Hall–Kier alpha value is -1.95. The molecule has 0 radical (unpaired) electrons. The molecule has 0 atom stereocenters. The first-order valence-electron chi connectivity index (χ1n) is 5.06. The van der Waals surface area contributed by atoms with Gasteiger partial charge < -0.3 is 10.4 Å². The summed E-state index contributed by atoms with van der Waals surface area (Å²) < 4.78 is 26.9. The molecular weight excluding hydrogens is 260 g/mol. The van der Waals surface area contributed by atoms with E-state index in [2.05, 4.69) is 5.32 Å². The number of halogens is 2. The van der Waals surface area contributed by atoms with E-state index >= 15 is 0 Å². The van der Waals surface area contributed by atoms with Gasteiger partial charge in [-0.1, -0.05) is 0 Å². The molecule has 0 spiro atoms. The van der Waals surface area contributed by atoms with Gasteiger partial charge in [-0.15, -0.1) is 0 Å². The van der Waals surface area contributed by atoms with Crippen molar-refractivity contribution in [2.75, 3.05) is 5.32 Å². The molecule has 0 unspecified atom stereocenters. The van der Waals surface area contributed by atoms with Crippen LogP contribution in [-0.4, -0.2) is 11.1 Å². The Morgan fingerprint density at radius 2 is 2.06 bits per heavy atom. The number of hydrogen-bond donors (Lipinski definition) is 2. The Bertz CT molecular complexity index is 570. The summed E-state index contributed by atoms with van der Waals surface area (Å²) in [4.78, 5) is 10.6. The van der Waals surface area contributed by atoms with E-state index in [1.165, 1.54) is 17.4 Å². The van der Waals surface area contributed by atoms with E-state index in [4.69, 9.17) is 5.11 Å². The third-order valence-electron chi connectivity index (χ3n) is 2.38. The average Bonchev–Trinajstić information content (AvgIpc) is 2.83.